The summed E-state index contributed by atoms with van der Waals surface area (Å²) in [4.78, 5) is 26.0. The number of aryl methyl sites for hydroxylation is 1. The highest BCUT2D eigenvalue weighted by Crippen LogP contribution is 2.22. The standard InChI is InChI=1S/C18H13FN2O2S/c1-11-2-4-12(5-3-11)10-15-16(22)20-18(24)21(17(15)23)14-8-6-13(19)7-9-14/h2-10H,1H3,(H,20,22,24)/b15-10+. The number of thiocarbonyl (C=S) groups is 1. The van der Waals surface area contributed by atoms with Gasteiger partial charge in [0.15, 0.2) is 5.11 Å². The van der Waals surface area contributed by atoms with E-state index in [-0.39, 0.29) is 10.7 Å². The molecule has 0 saturated carbocycles. The summed E-state index contributed by atoms with van der Waals surface area (Å²) in [7, 11) is 0. The van der Waals surface area contributed by atoms with Gasteiger partial charge in [-0.25, -0.2) is 4.39 Å². The first-order valence-corrected chi connectivity index (χ1v) is 7.60. The maximum atomic E-state index is 13.1. The smallest absolute Gasteiger partial charge is 0.270 e. The number of carbonyl (C=O) groups excluding carboxylic acids is 2. The van der Waals surface area contributed by atoms with Crippen molar-refractivity contribution >= 4 is 40.9 Å². The Morgan fingerprint density at radius 1 is 1.04 bits per heavy atom. The van der Waals surface area contributed by atoms with Crippen molar-refractivity contribution in [2.75, 3.05) is 4.90 Å². The summed E-state index contributed by atoms with van der Waals surface area (Å²) in [6, 6.07) is 12.7. The van der Waals surface area contributed by atoms with Gasteiger partial charge in [0.25, 0.3) is 11.8 Å². The first kappa shape index (κ1) is 16.0. The Kier molecular flexibility index (Phi) is 4.22. The van der Waals surface area contributed by atoms with Crippen molar-refractivity contribution < 1.29 is 14.0 Å². The molecule has 0 unspecified atom stereocenters. The van der Waals surface area contributed by atoms with Crippen LogP contribution in [0.2, 0.25) is 0 Å². The summed E-state index contributed by atoms with van der Waals surface area (Å²) in [5.41, 5.74) is 2.16. The van der Waals surface area contributed by atoms with Gasteiger partial charge in [0.1, 0.15) is 11.4 Å². The van der Waals surface area contributed by atoms with Gasteiger partial charge in [0.2, 0.25) is 0 Å². The maximum Gasteiger partial charge on any atom is 0.270 e. The third-order valence-corrected chi connectivity index (χ3v) is 3.86. The summed E-state index contributed by atoms with van der Waals surface area (Å²) in [6.45, 7) is 1.95. The zero-order valence-electron chi connectivity index (χ0n) is 12.7. The molecule has 24 heavy (non-hydrogen) atoms. The highest BCUT2D eigenvalue weighted by atomic mass is 32.1. The minimum Gasteiger partial charge on any atom is -0.298 e. The molecule has 2 amide bonds. The lowest BCUT2D eigenvalue weighted by Crippen LogP contribution is -2.54. The van der Waals surface area contributed by atoms with Crippen molar-refractivity contribution in [2.24, 2.45) is 0 Å². The molecule has 1 aliphatic heterocycles. The van der Waals surface area contributed by atoms with Crippen molar-refractivity contribution in [1.82, 2.24) is 5.32 Å². The van der Waals surface area contributed by atoms with Crippen LogP contribution in [0.25, 0.3) is 6.08 Å². The topological polar surface area (TPSA) is 49.4 Å². The zero-order valence-corrected chi connectivity index (χ0v) is 13.6. The Hall–Kier alpha value is -2.86. The number of hydrogen-bond acceptors (Lipinski definition) is 3. The van der Waals surface area contributed by atoms with Crippen LogP contribution in [-0.2, 0) is 9.59 Å². The summed E-state index contributed by atoms with van der Waals surface area (Å²) in [6.07, 6.45) is 1.51. The maximum absolute atomic E-state index is 13.1. The molecule has 6 heteroatoms. The third-order valence-electron chi connectivity index (χ3n) is 3.57. The molecule has 4 nitrogen and oxygen atoms in total. The average molecular weight is 340 g/mol. The third kappa shape index (κ3) is 3.09. The zero-order chi connectivity index (χ0) is 17.3. The predicted octanol–water partition coefficient (Wildman–Crippen LogP) is 2.97. The van der Waals surface area contributed by atoms with Gasteiger partial charge >= 0.3 is 0 Å². The van der Waals surface area contributed by atoms with Crippen LogP contribution in [-0.4, -0.2) is 16.9 Å². The second kappa shape index (κ2) is 6.33. The Bertz CT molecular complexity index is 858. The molecule has 1 heterocycles. The highest BCUT2D eigenvalue weighted by Gasteiger charge is 2.34. The first-order valence-electron chi connectivity index (χ1n) is 7.19. The Labute approximate surface area is 143 Å². The van der Waals surface area contributed by atoms with Crippen LogP contribution in [0.3, 0.4) is 0 Å². The molecule has 1 saturated heterocycles. The minimum atomic E-state index is -0.552. The van der Waals surface area contributed by atoms with E-state index in [1.54, 1.807) is 0 Å². The van der Waals surface area contributed by atoms with Gasteiger partial charge in [-0.1, -0.05) is 29.8 Å². The van der Waals surface area contributed by atoms with Gasteiger partial charge in [0, 0.05) is 0 Å². The Morgan fingerprint density at radius 2 is 1.67 bits per heavy atom. The fraction of sp³-hybridized carbons (Fsp3) is 0.0556. The van der Waals surface area contributed by atoms with Gasteiger partial charge in [-0.05, 0) is 55.0 Å². The highest BCUT2D eigenvalue weighted by molar-refractivity contribution is 7.80. The van der Waals surface area contributed by atoms with Crippen molar-refractivity contribution in [3.63, 3.8) is 0 Å². The van der Waals surface area contributed by atoms with Crippen LogP contribution in [0.1, 0.15) is 11.1 Å². The van der Waals surface area contributed by atoms with E-state index >= 15 is 0 Å². The summed E-state index contributed by atoms with van der Waals surface area (Å²) in [5.74, 6) is -1.52. The molecule has 0 aliphatic carbocycles. The van der Waals surface area contributed by atoms with Gasteiger partial charge in [-0.2, -0.15) is 0 Å². The van der Waals surface area contributed by atoms with E-state index in [2.05, 4.69) is 5.32 Å². The molecule has 0 radical (unpaired) electrons. The number of halogens is 1. The van der Waals surface area contributed by atoms with E-state index in [1.165, 1.54) is 35.2 Å². The lowest BCUT2D eigenvalue weighted by molar-refractivity contribution is -0.122. The van der Waals surface area contributed by atoms with E-state index in [9.17, 15) is 14.0 Å². The number of nitrogens with zero attached hydrogens (tertiary/aromatic N) is 1. The first-order chi connectivity index (χ1) is 11.5. The summed E-state index contributed by atoms with van der Waals surface area (Å²) in [5, 5.41) is 2.46. The molecule has 2 aromatic rings. The van der Waals surface area contributed by atoms with E-state index in [4.69, 9.17) is 12.2 Å². The van der Waals surface area contributed by atoms with E-state index in [1.807, 2.05) is 31.2 Å². The molecule has 2 aromatic carbocycles. The molecule has 0 bridgehead atoms. The van der Waals surface area contributed by atoms with Crippen LogP contribution in [0.4, 0.5) is 10.1 Å². The normalized spacial score (nSPS) is 16.5. The van der Waals surface area contributed by atoms with Crippen LogP contribution in [0.15, 0.2) is 54.1 Å². The number of rotatable bonds is 2. The van der Waals surface area contributed by atoms with Gasteiger partial charge in [-0.15, -0.1) is 0 Å². The van der Waals surface area contributed by atoms with Gasteiger partial charge in [0.05, 0.1) is 5.69 Å². The molecule has 1 aliphatic rings. The number of anilines is 1. The number of benzene rings is 2. The van der Waals surface area contributed by atoms with Gasteiger partial charge < -0.3 is 0 Å². The second-order valence-electron chi connectivity index (χ2n) is 5.34. The van der Waals surface area contributed by atoms with Gasteiger partial charge in [-0.3, -0.25) is 19.8 Å². The van der Waals surface area contributed by atoms with Crippen LogP contribution < -0.4 is 10.2 Å². The number of hydrogen-bond donors (Lipinski definition) is 1. The number of carbonyl (C=O) groups is 2. The van der Waals surface area contributed by atoms with E-state index in [0.29, 0.717) is 5.69 Å². The Morgan fingerprint density at radius 3 is 2.29 bits per heavy atom. The second-order valence-corrected chi connectivity index (χ2v) is 5.73. The number of amides is 2. The molecule has 1 N–H and O–H groups in total. The molecule has 0 aromatic heterocycles. The summed E-state index contributed by atoms with van der Waals surface area (Å²) < 4.78 is 13.1. The van der Waals surface area contributed by atoms with E-state index < -0.39 is 17.6 Å². The Balaban J connectivity index is 1.99. The molecule has 3 rings (SSSR count). The molecule has 1 fully saturated rings. The monoisotopic (exact) mass is 340 g/mol. The summed E-state index contributed by atoms with van der Waals surface area (Å²) >= 11 is 5.08. The fourth-order valence-electron chi connectivity index (χ4n) is 2.31. The largest absolute Gasteiger partial charge is 0.298 e. The van der Waals surface area contributed by atoms with Crippen molar-refractivity contribution in [3.05, 3.63) is 71.0 Å². The molecule has 120 valence electrons. The SMILES string of the molecule is Cc1ccc(/C=C2\C(=O)NC(=S)N(c3ccc(F)cc3)C2=O)cc1. The average Bonchev–Trinajstić information content (AvgIpc) is 2.55. The van der Waals surface area contributed by atoms with Crippen LogP contribution in [0.5, 0.6) is 0 Å². The van der Waals surface area contributed by atoms with Crippen molar-refractivity contribution in [3.8, 4) is 0 Å². The minimum absolute atomic E-state index is 0.0299. The van der Waals surface area contributed by atoms with Crippen LogP contribution in [0, 0.1) is 12.7 Å². The number of nitrogens with one attached hydrogen (secondary N) is 1. The molecular weight excluding hydrogens is 327 g/mol. The fourth-order valence-corrected chi connectivity index (χ4v) is 2.59. The molecule has 0 atom stereocenters. The lowest BCUT2D eigenvalue weighted by Gasteiger charge is -2.28. The van der Waals surface area contributed by atoms with Crippen molar-refractivity contribution in [2.45, 2.75) is 6.92 Å². The van der Waals surface area contributed by atoms with Crippen molar-refractivity contribution in [1.29, 1.82) is 0 Å². The quantitative estimate of drug-likeness (QED) is 0.519. The lowest BCUT2D eigenvalue weighted by atomic mass is 10.1. The molecular formula is C18H13FN2O2S. The van der Waals surface area contributed by atoms with E-state index in [0.717, 1.165) is 11.1 Å². The predicted molar refractivity (Wildman–Crippen MR) is 93.8 cm³/mol. The van der Waals surface area contributed by atoms with Crippen LogP contribution >= 0.6 is 12.2 Å². The molecule has 0 spiro atoms.